The second-order valence-corrected chi connectivity index (χ2v) is 8.14. The fourth-order valence-electron chi connectivity index (χ4n) is 3.88. The molecule has 2 bridgehead atoms. The van der Waals surface area contributed by atoms with Crippen LogP contribution in [0.1, 0.15) is 28.5 Å². The summed E-state index contributed by atoms with van der Waals surface area (Å²) in [6.07, 6.45) is -2.20. The van der Waals surface area contributed by atoms with Gasteiger partial charge in [-0.05, 0) is 36.6 Å². The quantitative estimate of drug-likeness (QED) is 0.697. The van der Waals surface area contributed by atoms with Gasteiger partial charge in [0.2, 0.25) is 5.91 Å². The molecule has 1 fully saturated rings. The van der Waals surface area contributed by atoms with E-state index in [1.807, 2.05) is 5.32 Å². The second-order valence-electron chi connectivity index (χ2n) is 7.22. The molecule has 4 heterocycles. The molecule has 0 aliphatic carbocycles. The van der Waals surface area contributed by atoms with Crippen molar-refractivity contribution in [1.29, 1.82) is 0 Å². The molecule has 0 aromatic carbocycles. The molecule has 2 atom stereocenters. The second kappa shape index (κ2) is 7.86. The maximum absolute atomic E-state index is 13.1. The number of hydrogen-bond acceptors (Lipinski definition) is 5. The molecule has 2 aliphatic rings. The largest absolute Gasteiger partial charge is 0.405 e. The Bertz CT molecular complexity index is 1000. The van der Waals surface area contributed by atoms with E-state index in [4.69, 9.17) is 0 Å². The summed E-state index contributed by atoms with van der Waals surface area (Å²) in [6, 6.07) is 6.42. The van der Waals surface area contributed by atoms with Crippen molar-refractivity contribution in [3.8, 4) is 0 Å². The fraction of sp³-hybridized carbons (Fsp3) is 0.368. The highest BCUT2D eigenvalue weighted by atomic mass is 79.9. The molecule has 2 amide bonds. The van der Waals surface area contributed by atoms with Crippen LogP contribution in [0, 0.1) is 5.92 Å². The number of nitrogens with zero attached hydrogens (tertiary/aromatic N) is 3. The Morgan fingerprint density at radius 2 is 2.07 bits per heavy atom. The molecule has 1 saturated heterocycles. The maximum Gasteiger partial charge on any atom is 0.405 e. The summed E-state index contributed by atoms with van der Waals surface area (Å²) >= 11 is 3.33. The minimum absolute atomic E-state index is 0.00867. The average molecular weight is 484 g/mol. The van der Waals surface area contributed by atoms with Crippen molar-refractivity contribution in [3.05, 3.63) is 46.3 Å². The third-order valence-electron chi connectivity index (χ3n) is 5.17. The van der Waals surface area contributed by atoms with Crippen molar-refractivity contribution in [3.63, 3.8) is 0 Å². The fourth-order valence-corrected chi connectivity index (χ4v) is 4.21. The predicted molar refractivity (Wildman–Crippen MR) is 106 cm³/mol. The van der Waals surface area contributed by atoms with Crippen LogP contribution in [-0.2, 0) is 4.79 Å². The zero-order chi connectivity index (χ0) is 21.5. The third kappa shape index (κ3) is 4.25. The molecule has 0 radical (unpaired) electrons. The number of halogens is 4. The van der Waals surface area contributed by atoms with Crippen molar-refractivity contribution in [2.45, 2.75) is 18.5 Å². The van der Waals surface area contributed by atoms with E-state index in [0.717, 1.165) is 23.1 Å². The molecule has 7 nitrogen and oxygen atoms in total. The molecule has 2 N–H and O–H groups in total. The first-order chi connectivity index (χ1) is 14.2. The van der Waals surface area contributed by atoms with E-state index in [-0.39, 0.29) is 17.5 Å². The van der Waals surface area contributed by atoms with E-state index < -0.39 is 24.5 Å². The Labute approximate surface area is 178 Å². The van der Waals surface area contributed by atoms with Crippen LogP contribution in [0.2, 0.25) is 0 Å². The van der Waals surface area contributed by atoms with Crippen LogP contribution in [0.25, 0.3) is 0 Å². The number of fused-ring (bicyclic) bond motifs is 4. The smallest absolute Gasteiger partial charge is 0.370 e. The number of aromatic nitrogens is 2. The van der Waals surface area contributed by atoms with Crippen LogP contribution in [0.4, 0.5) is 24.7 Å². The van der Waals surface area contributed by atoms with Crippen molar-refractivity contribution >= 4 is 39.2 Å². The molecular weight excluding hydrogens is 467 g/mol. The summed E-state index contributed by atoms with van der Waals surface area (Å²) < 4.78 is 38.0. The molecule has 0 saturated carbocycles. The SMILES string of the molecule is O=C(NCC(F)(F)F)c1ccc2c(n1)C(C(=O)Nc1cc(Br)ccn1)[C@H]1CCN2C1. The number of carbonyl (C=O) groups is 2. The number of anilines is 2. The Balaban J connectivity index is 1.62. The Kier molecular flexibility index (Phi) is 5.39. The van der Waals surface area contributed by atoms with E-state index in [0.29, 0.717) is 18.1 Å². The first-order valence-electron chi connectivity index (χ1n) is 9.24. The van der Waals surface area contributed by atoms with E-state index >= 15 is 0 Å². The molecule has 11 heteroatoms. The lowest BCUT2D eigenvalue weighted by Gasteiger charge is -2.32. The van der Waals surface area contributed by atoms with Crippen molar-refractivity contribution < 1.29 is 22.8 Å². The monoisotopic (exact) mass is 483 g/mol. The average Bonchev–Trinajstić information content (AvgIpc) is 3.09. The molecule has 1 unspecified atom stereocenters. The van der Waals surface area contributed by atoms with E-state index in [2.05, 4.69) is 36.1 Å². The van der Waals surface area contributed by atoms with E-state index in [9.17, 15) is 22.8 Å². The molecule has 4 rings (SSSR count). The van der Waals surface area contributed by atoms with Gasteiger partial charge in [-0.15, -0.1) is 0 Å². The Hall–Kier alpha value is -2.69. The van der Waals surface area contributed by atoms with Gasteiger partial charge in [0.1, 0.15) is 18.1 Å². The standard InChI is InChI=1S/C19H17BrF3N5O2/c20-11-3-5-24-14(7-11)27-18(30)15-10-4-6-28(8-10)13-2-1-12(26-16(13)15)17(29)25-9-19(21,22)23/h1-3,5,7,10,15H,4,6,8-9H2,(H,25,29)(H,24,27,30)/t10-,15?/m0/s1. The van der Waals surface area contributed by atoms with Gasteiger partial charge in [-0.1, -0.05) is 15.9 Å². The summed E-state index contributed by atoms with van der Waals surface area (Å²) in [5.74, 6) is -1.51. The van der Waals surface area contributed by atoms with E-state index in [1.165, 1.54) is 6.07 Å². The van der Waals surface area contributed by atoms with Crippen LogP contribution in [0.3, 0.4) is 0 Å². The summed E-state index contributed by atoms with van der Waals surface area (Å²) in [7, 11) is 0. The highest BCUT2D eigenvalue weighted by molar-refractivity contribution is 9.10. The van der Waals surface area contributed by atoms with Gasteiger partial charge in [0.05, 0.1) is 17.3 Å². The topological polar surface area (TPSA) is 87.2 Å². The predicted octanol–water partition coefficient (Wildman–Crippen LogP) is 3.09. The van der Waals surface area contributed by atoms with Crippen molar-refractivity contribution in [1.82, 2.24) is 15.3 Å². The lowest BCUT2D eigenvalue weighted by molar-refractivity contribution is -0.123. The molecule has 0 spiro atoms. The Morgan fingerprint density at radius 3 is 2.80 bits per heavy atom. The molecule has 2 aromatic heterocycles. The van der Waals surface area contributed by atoms with Crippen LogP contribution < -0.4 is 15.5 Å². The molecule has 2 aliphatic heterocycles. The molecule has 158 valence electrons. The highest BCUT2D eigenvalue weighted by Crippen LogP contribution is 2.43. The van der Waals surface area contributed by atoms with E-state index in [1.54, 1.807) is 24.4 Å². The summed E-state index contributed by atoms with van der Waals surface area (Å²) in [5, 5.41) is 4.60. The number of pyridine rings is 2. The van der Waals surface area contributed by atoms with Gasteiger partial charge in [-0.2, -0.15) is 13.2 Å². The van der Waals surface area contributed by atoms with Crippen LogP contribution in [-0.4, -0.2) is 47.6 Å². The zero-order valence-corrected chi connectivity index (χ0v) is 17.1. The third-order valence-corrected chi connectivity index (χ3v) is 5.66. The molecule has 30 heavy (non-hydrogen) atoms. The van der Waals surface area contributed by atoms with Gasteiger partial charge < -0.3 is 15.5 Å². The lowest BCUT2D eigenvalue weighted by Crippen LogP contribution is -2.37. The van der Waals surface area contributed by atoms with Crippen LogP contribution in [0.15, 0.2) is 34.9 Å². The van der Waals surface area contributed by atoms with Crippen molar-refractivity contribution in [2.24, 2.45) is 5.92 Å². The molecular formula is C19H17BrF3N5O2. The van der Waals surface area contributed by atoms with Gasteiger partial charge in [0, 0.05) is 23.8 Å². The first-order valence-corrected chi connectivity index (χ1v) is 10.0. The normalized spacial score (nSPS) is 19.9. The first kappa shape index (κ1) is 20.6. The van der Waals surface area contributed by atoms with Crippen LogP contribution >= 0.6 is 15.9 Å². The summed E-state index contributed by atoms with van der Waals surface area (Å²) in [5.41, 5.74) is 0.966. The van der Waals surface area contributed by atoms with Crippen molar-refractivity contribution in [2.75, 3.05) is 29.9 Å². The number of rotatable bonds is 4. The van der Waals surface area contributed by atoms with Gasteiger partial charge in [-0.25, -0.2) is 9.97 Å². The number of carbonyl (C=O) groups excluding carboxylic acids is 2. The van der Waals surface area contributed by atoms with Gasteiger partial charge in [0.25, 0.3) is 5.91 Å². The summed E-state index contributed by atoms with van der Waals surface area (Å²) in [6.45, 7) is -0.0198. The van der Waals surface area contributed by atoms with Gasteiger partial charge in [0.15, 0.2) is 0 Å². The minimum atomic E-state index is -4.52. The zero-order valence-electron chi connectivity index (χ0n) is 15.5. The highest BCUT2D eigenvalue weighted by Gasteiger charge is 2.43. The minimum Gasteiger partial charge on any atom is -0.370 e. The lowest BCUT2D eigenvalue weighted by atomic mass is 9.85. The number of hydrogen-bond donors (Lipinski definition) is 2. The Morgan fingerprint density at radius 1 is 1.27 bits per heavy atom. The van der Waals surface area contributed by atoms with Crippen LogP contribution in [0.5, 0.6) is 0 Å². The van der Waals surface area contributed by atoms with Gasteiger partial charge in [-0.3, -0.25) is 9.59 Å². The molecule has 2 aromatic rings. The number of amides is 2. The maximum atomic E-state index is 13.1. The van der Waals surface area contributed by atoms with Gasteiger partial charge >= 0.3 is 6.18 Å². The number of alkyl halides is 3. The summed E-state index contributed by atoms with van der Waals surface area (Å²) in [4.78, 5) is 35.8. The number of nitrogens with one attached hydrogen (secondary N) is 2.